The molecule has 1 fully saturated rings. The number of hydrogen-bond donors (Lipinski definition) is 1. The highest BCUT2D eigenvalue weighted by Crippen LogP contribution is 2.15. The molecule has 0 spiro atoms. The normalized spacial score (nSPS) is 22.5. The first kappa shape index (κ1) is 14.5. The van der Waals surface area contributed by atoms with Gasteiger partial charge in [0.2, 0.25) is 0 Å². The van der Waals surface area contributed by atoms with Gasteiger partial charge in [-0.3, -0.25) is 4.79 Å². The molecule has 1 aliphatic heterocycles. The Balaban J connectivity index is 2.35. The molecule has 0 radical (unpaired) electrons. The Hall–Kier alpha value is -0.610. The SMILES string of the molecule is CCOC(=O)C(C)(C)NCC1CCCN(C)C1. The average molecular weight is 242 g/mol. The van der Waals surface area contributed by atoms with Crippen molar-refractivity contribution in [2.75, 3.05) is 33.3 Å². The number of carbonyl (C=O) groups excluding carboxylic acids is 1. The quantitative estimate of drug-likeness (QED) is 0.737. The summed E-state index contributed by atoms with van der Waals surface area (Å²) in [6.45, 7) is 9.25. The Morgan fingerprint density at radius 1 is 1.53 bits per heavy atom. The maximum absolute atomic E-state index is 11.7. The van der Waals surface area contributed by atoms with Crippen LogP contribution in [0.25, 0.3) is 0 Å². The molecule has 1 saturated heterocycles. The molecule has 4 heteroatoms. The van der Waals surface area contributed by atoms with Crippen molar-refractivity contribution in [3.8, 4) is 0 Å². The molecule has 0 aliphatic carbocycles. The maximum atomic E-state index is 11.7. The first-order valence-electron chi connectivity index (χ1n) is 6.56. The third-order valence-corrected chi connectivity index (χ3v) is 3.34. The molecular formula is C13H26N2O2. The van der Waals surface area contributed by atoms with Crippen molar-refractivity contribution in [2.24, 2.45) is 5.92 Å². The zero-order chi connectivity index (χ0) is 12.9. The molecule has 1 atom stereocenters. The summed E-state index contributed by atoms with van der Waals surface area (Å²) >= 11 is 0. The first-order chi connectivity index (χ1) is 7.95. The third-order valence-electron chi connectivity index (χ3n) is 3.34. The van der Waals surface area contributed by atoms with Gasteiger partial charge in [-0.15, -0.1) is 0 Å². The van der Waals surface area contributed by atoms with E-state index in [1.54, 1.807) is 0 Å². The van der Waals surface area contributed by atoms with Gasteiger partial charge in [0, 0.05) is 13.1 Å². The minimum Gasteiger partial charge on any atom is -0.465 e. The van der Waals surface area contributed by atoms with Crippen molar-refractivity contribution in [3.05, 3.63) is 0 Å². The van der Waals surface area contributed by atoms with Crippen LogP contribution in [0.1, 0.15) is 33.6 Å². The van der Waals surface area contributed by atoms with Crippen molar-refractivity contribution in [3.63, 3.8) is 0 Å². The van der Waals surface area contributed by atoms with E-state index in [9.17, 15) is 4.79 Å². The lowest BCUT2D eigenvalue weighted by Gasteiger charge is -2.32. The summed E-state index contributed by atoms with van der Waals surface area (Å²) in [5.74, 6) is 0.478. The van der Waals surface area contributed by atoms with E-state index in [0.29, 0.717) is 12.5 Å². The summed E-state index contributed by atoms with van der Waals surface area (Å²) in [4.78, 5) is 14.1. The molecule has 1 heterocycles. The number of esters is 1. The first-order valence-corrected chi connectivity index (χ1v) is 6.56. The van der Waals surface area contributed by atoms with Crippen molar-refractivity contribution < 1.29 is 9.53 Å². The van der Waals surface area contributed by atoms with Crippen molar-refractivity contribution in [1.29, 1.82) is 0 Å². The predicted octanol–water partition coefficient (Wildman–Crippen LogP) is 1.26. The lowest BCUT2D eigenvalue weighted by Crippen LogP contribution is -2.51. The highest BCUT2D eigenvalue weighted by atomic mass is 16.5. The van der Waals surface area contributed by atoms with E-state index in [0.717, 1.165) is 13.1 Å². The smallest absolute Gasteiger partial charge is 0.325 e. The van der Waals surface area contributed by atoms with E-state index in [4.69, 9.17) is 4.74 Å². The summed E-state index contributed by atoms with van der Waals surface area (Å²) in [5.41, 5.74) is -0.577. The second-order valence-corrected chi connectivity index (χ2v) is 5.50. The van der Waals surface area contributed by atoms with Crippen LogP contribution in [0.5, 0.6) is 0 Å². The van der Waals surface area contributed by atoms with Gasteiger partial charge in [-0.1, -0.05) is 0 Å². The molecule has 0 saturated carbocycles. The number of ether oxygens (including phenoxy) is 1. The van der Waals surface area contributed by atoms with Gasteiger partial charge in [-0.25, -0.2) is 0 Å². The molecule has 1 aliphatic rings. The number of likely N-dealkylation sites (tertiary alicyclic amines) is 1. The fraction of sp³-hybridized carbons (Fsp3) is 0.923. The maximum Gasteiger partial charge on any atom is 0.325 e. The molecule has 0 aromatic rings. The van der Waals surface area contributed by atoms with Gasteiger partial charge in [0.15, 0.2) is 0 Å². The Kier molecular flexibility index (Phi) is 5.40. The van der Waals surface area contributed by atoms with Crippen LogP contribution in [0.2, 0.25) is 0 Å². The highest BCUT2D eigenvalue weighted by molar-refractivity contribution is 5.79. The molecule has 4 nitrogen and oxygen atoms in total. The molecule has 100 valence electrons. The molecule has 1 unspecified atom stereocenters. The van der Waals surface area contributed by atoms with E-state index >= 15 is 0 Å². The predicted molar refractivity (Wildman–Crippen MR) is 68.9 cm³/mol. The van der Waals surface area contributed by atoms with Crippen LogP contribution < -0.4 is 5.32 Å². The monoisotopic (exact) mass is 242 g/mol. The summed E-state index contributed by atoms with van der Waals surface area (Å²) in [6, 6.07) is 0. The summed E-state index contributed by atoms with van der Waals surface area (Å²) in [6.07, 6.45) is 2.50. The number of nitrogens with one attached hydrogen (secondary N) is 1. The van der Waals surface area contributed by atoms with Crippen LogP contribution in [0.4, 0.5) is 0 Å². The van der Waals surface area contributed by atoms with Gasteiger partial charge in [-0.2, -0.15) is 0 Å². The largest absolute Gasteiger partial charge is 0.465 e. The zero-order valence-corrected chi connectivity index (χ0v) is 11.6. The van der Waals surface area contributed by atoms with Crippen molar-refractivity contribution in [1.82, 2.24) is 10.2 Å². The van der Waals surface area contributed by atoms with Crippen LogP contribution in [-0.4, -0.2) is 49.7 Å². The molecule has 0 bridgehead atoms. The van der Waals surface area contributed by atoms with E-state index < -0.39 is 5.54 Å². The highest BCUT2D eigenvalue weighted by Gasteiger charge is 2.29. The minimum absolute atomic E-state index is 0.163. The molecule has 17 heavy (non-hydrogen) atoms. The molecule has 0 aromatic heterocycles. The zero-order valence-electron chi connectivity index (χ0n) is 11.6. The standard InChI is InChI=1S/C13H26N2O2/c1-5-17-12(16)13(2,3)14-9-11-7-6-8-15(4)10-11/h11,14H,5-10H2,1-4H3. The summed E-state index contributed by atoms with van der Waals surface area (Å²) in [7, 11) is 2.16. The van der Waals surface area contributed by atoms with Gasteiger partial charge in [0.05, 0.1) is 6.61 Å². The van der Waals surface area contributed by atoms with Crippen LogP contribution >= 0.6 is 0 Å². The lowest BCUT2D eigenvalue weighted by molar-refractivity contribution is -0.149. The lowest BCUT2D eigenvalue weighted by atomic mass is 9.96. The van der Waals surface area contributed by atoms with Gasteiger partial charge in [-0.05, 0) is 53.1 Å². The fourth-order valence-corrected chi connectivity index (χ4v) is 2.22. The second kappa shape index (κ2) is 6.36. The number of piperidine rings is 1. The number of hydrogen-bond acceptors (Lipinski definition) is 4. The Morgan fingerprint density at radius 2 is 2.24 bits per heavy atom. The number of carbonyl (C=O) groups is 1. The van der Waals surface area contributed by atoms with E-state index in [-0.39, 0.29) is 5.97 Å². The number of nitrogens with zero attached hydrogens (tertiary/aromatic N) is 1. The van der Waals surface area contributed by atoms with Crippen LogP contribution in [0.3, 0.4) is 0 Å². The topological polar surface area (TPSA) is 41.6 Å². The summed E-state index contributed by atoms with van der Waals surface area (Å²) in [5, 5.41) is 3.33. The van der Waals surface area contributed by atoms with E-state index in [2.05, 4.69) is 17.3 Å². The fourth-order valence-electron chi connectivity index (χ4n) is 2.22. The van der Waals surface area contributed by atoms with Crippen molar-refractivity contribution >= 4 is 5.97 Å². The minimum atomic E-state index is -0.577. The van der Waals surface area contributed by atoms with E-state index in [1.807, 2.05) is 20.8 Å². The molecule has 0 amide bonds. The van der Waals surface area contributed by atoms with Crippen LogP contribution in [-0.2, 0) is 9.53 Å². The Labute approximate surface area is 105 Å². The van der Waals surface area contributed by atoms with Gasteiger partial charge < -0.3 is 15.0 Å². The van der Waals surface area contributed by atoms with E-state index in [1.165, 1.54) is 19.4 Å². The van der Waals surface area contributed by atoms with Crippen molar-refractivity contribution in [2.45, 2.75) is 39.2 Å². The molecule has 0 aromatic carbocycles. The van der Waals surface area contributed by atoms with Gasteiger partial charge >= 0.3 is 5.97 Å². The average Bonchev–Trinajstić information content (AvgIpc) is 2.27. The van der Waals surface area contributed by atoms with Crippen LogP contribution in [0.15, 0.2) is 0 Å². The third kappa shape index (κ3) is 4.64. The Morgan fingerprint density at radius 3 is 2.82 bits per heavy atom. The second-order valence-electron chi connectivity index (χ2n) is 5.50. The molecule has 1 N–H and O–H groups in total. The summed E-state index contributed by atoms with van der Waals surface area (Å²) < 4.78 is 5.06. The molecular weight excluding hydrogens is 216 g/mol. The van der Waals surface area contributed by atoms with Crippen LogP contribution in [0, 0.1) is 5.92 Å². The Bertz CT molecular complexity index is 254. The van der Waals surface area contributed by atoms with Gasteiger partial charge in [0.1, 0.15) is 5.54 Å². The van der Waals surface area contributed by atoms with Gasteiger partial charge in [0.25, 0.3) is 0 Å². The molecule has 1 rings (SSSR count). The number of rotatable bonds is 5.